The molecule has 0 spiro atoms. The minimum absolute atomic E-state index is 0.0170. The van der Waals surface area contributed by atoms with Crippen LogP contribution in [0.2, 0.25) is 5.02 Å². The molecule has 0 aliphatic carbocycles. The molecule has 0 aromatic heterocycles. The van der Waals surface area contributed by atoms with E-state index >= 15 is 0 Å². The summed E-state index contributed by atoms with van der Waals surface area (Å²) in [6.45, 7) is 3.58. The molecular formula is C28H31BrClN3O5S. The van der Waals surface area contributed by atoms with Crippen LogP contribution in [0.4, 0.5) is 5.69 Å². The average Bonchev–Trinajstić information content (AvgIpc) is 2.93. The standard InChI is InChI=1S/C28H31BrClN3O5S/c1-4-26(28(35)31-3)32(18-20-8-6-7-9-25(20)30)27(34)19-33(22-12-14-23(15-13-22)38-5-2)39(36,37)24-16-10-21(29)11-17-24/h6-17,26H,4-5,18-19H2,1-3H3,(H,31,35)/t26-/m0/s1. The summed E-state index contributed by atoms with van der Waals surface area (Å²) in [7, 11) is -2.67. The van der Waals surface area contributed by atoms with Crippen molar-refractivity contribution in [2.24, 2.45) is 0 Å². The van der Waals surface area contributed by atoms with Crippen LogP contribution in [0.15, 0.2) is 82.2 Å². The van der Waals surface area contributed by atoms with Crippen molar-refractivity contribution in [2.45, 2.75) is 37.8 Å². The monoisotopic (exact) mass is 635 g/mol. The topological polar surface area (TPSA) is 96.0 Å². The van der Waals surface area contributed by atoms with Gasteiger partial charge in [-0.2, -0.15) is 0 Å². The van der Waals surface area contributed by atoms with Crippen molar-refractivity contribution in [1.82, 2.24) is 10.2 Å². The molecule has 8 nitrogen and oxygen atoms in total. The zero-order valence-corrected chi connectivity index (χ0v) is 25.1. The Hall–Kier alpha value is -3.08. The van der Waals surface area contributed by atoms with Crippen molar-refractivity contribution in [1.29, 1.82) is 0 Å². The van der Waals surface area contributed by atoms with Gasteiger partial charge in [-0.25, -0.2) is 8.42 Å². The van der Waals surface area contributed by atoms with Gasteiger partial charge in [0.05, 0.1) is 17.2 Å². The largest absolute Gasteiger partial charge is 0.494 e. The fourth-order valence-corrected chi connectivity index (χ4v) is 5.91. The third-order valence-electron chi connectivity index (χ3n) is 6.05. The van der Waals surface area contributed by atoms with Crippen LogP contribution in [0.25, 0.3) is 0 Å². The van der Waals surface area contributed by atoms with Gasteiger partial charge in [-0.3, -0.25) is 13.9 Å². The zero-order chi connectivity index (χ0) is 28.6. The molecule has 2 amide bonds. The predicted molar refractivity (Wildman–Crippen MR) is 156 cm³/mol. The number of halogens is 2. The molecule has 0 radical (unpaired) electrons. The molecule has 208 valence electrons. The van der Waals surface area contributed by atoms with Gasteiger partial charge >= 0.3 is 0 Å². The lowest BCUT2D eigenvalue weighted by Crippen LogP contribution is -2.51. The summed E-state index contributed by atoms with van der Waals surface area (Å²) in [5.41, 5.74) is 0.915. The molecule has 0 bridgehead atoms. The Morgan fingerprint density at radius 1 is 1.00 bits per heavy atom. The van der Waals surface area contributed by atoms with E-state index in [1.54, 1.807) is 67.6 Å². The lowest BCUT2D eigenvalue weighted by Gasteiger charge is -2.33. The summed E-state index contributed by atoms with van der Waals surface area (Å²) in [5, 5.41) is 3.04. The minimum Gasteiger partial charge on any atom is -0.494 e. The lowest BCUT2D eigenvalue weighted by atomic mass is 10.1. The highest BCUT2D eigenvalue weighted by Gasteiger charge is 2.33. The summed E-state index contributed by atoms with van der Waals surface area (Å²) in [5.74, 6) is -0.346. The highest BCUT2D eigenvalue weighted by molar-refractivity contribution is 9.10. The van der Waals surface area contributed by atoms with E-state index in [2.05, 4.69) is 21.2 Å². The molecule has 3 aromatic carbocycles. The molecule has 0 aliphatic heterocycles. The first kappa shape index (κ1) is 30.5. The molecule has 1 N–H and O–H groups in total. The summed E-state index contributed by atoms with van der Waals surface area (Å²) < 4.78 is 35.0. The second-order valence-corrected chi connectivity index (χ2v) is 11.7. The molecule has 11 heteroatoms. The quantitative estimate of drug-likeness (QED) is 0.293. The van der Waals surface area contributed by atoms with E-state index < -0.39 is 28.5 Å². The number of carbonyl (C=O) groups excluding carboxylic acids is 2. The number of likely N-dealkylation sites (N-methyl/N-ethyl adjacent to an activating group) is 1. The smallest absolute Gasteiger partial charge is 0.264 e. The Bertz CT molecular complexity index is 1390. The van der Waals surface area contributed by atoms with Crippen LogP contribution in [0.1, 0.15) is 25.8 Å². The fraction of sp³-hybridized carbons (Fsp3) is 0.286. The third kappa shape index (κ3) is 7.52. The molecule has 0 fully saturated rings. The Balaban J connectivity index is 2.07. The third-order valence-corrected chi connectivity index (χ3v) is 8.73. The zero-order valence-electron chi connectivity index (χ0n) is 21.9. The van der Waals surface area contributed by atoms with Gasteiger partial charge in [-0.05, 0) is 73.5 Å². The maximum Gasteiger partial charge on any atom is 0.264 e. The Morgan fingerprint density at radius 3 is 2.21 bits per heavy atom. The van der Waals surface area contributed by atoms with E-state index in [4.69, 9.17) is 16.3 Å². The van der Waals surface area contributed by atoms with Gasteiger partial charge < -0.3 is 15.0 Å². The maximum absolute atomic E-state index is 13.9. The number of benzene rings is 3. The molecular weight excluding hydrogens is 606 g/mol. The highest BCUT2D eigenvalue weighted by atomic mass is 79.9. The molecule has 1 atom stereocenters. The highest BCUT2D eigenvalue weighted by Crippen LogP contribution is 2.28. The maximum atomic E-state index is 13.9. The summed E-state index contributed by atoms with van der Waals surface area (Å²) in [6.07, 6.45) is 0.318. The van der Waals surface area contributed by atoms with Gasteiger partial charge in [0.25, 0.3) is 10.0 Å². The van der Waals surface area contributed by atoms with E-state index in [1.165, 1.54) is 24.1 Å². The number of rotatable bonds is 12. The molecule has 3 rings (SSSR count). The van der Waals surface area contributed by atoms with Gasteiger partial charge in [0.2, 0.25) is 11.8 Å². The first-order chi connectivity index (χ1) is 18.6. The number of carbonyl (C=O) groups is 2. The van der Waals surface area contributed by atoms with Crippen molar-refractivity contribution in [3.63, 3.8) is 0 Å². The first-order valence-electron chi connectivity index (χ1n) is 12.4. The SMILES string of the molecule is CCOc1ccc(N(CC(=O)N(Cc2ccccc2Cl)[C@@H](CC)C(=O)NC)S(=O)(=O)c2ccc(Br)cc2)cc1. The number of ether oxygens (including phenoxy) is 1. The summed E-state index contributed by atoms with van der Waals surface area (Å²) in [4.78, 5) is 28.1. The van der Waals surface area contributed by atoms with Crippen LogP contribution in [0, 0.1) is 0 Å². The van der Waals surface area contributed by atoms with E-state index in [0.717, 1.165) is 4.31 Å². The number of nitrogens with one attached hydrogen (secondary N) is 1. The normalized spacial score (nSPS) is 11.9. The summed E-state index contributed by atoms with van der Waals surface area (Å²) >= 11 is 9.71. The van der Waals surface area contributed by atoms with Gasteiger partial charge in [-0.15, -0.1) is 0 Å². The number of nitrogens with zero attached hydrogens (tertiary/aromatic N) is 2. The Kier molecular flexibility index (Phi) is 10.8. The lowest BCUT2D eigenvalue weighted by molar-refractivity contribution is -0.140. The van der Waals surface area contributed by atoms with E-state index in [0.29, 0.717) is 33.8 Å². The van der Waals surface area contributed by atoms with E-state index in [1.807, 2.05) is 6.92 Å². The number of sulfonamides is 1. The number of amides is 2. The van der Waals surface area contributed by atoms with Crippen LogP contribution < -0.4 is 14.4 Å². The molecule has 0 saturated heterocycles. The average molecular weight is 637 g/mol. The number of anilines is 1. The van der Waals surface area contributed by atoms with Crippen LogP contribution in [0.5, 0.6) is 5.75 Å². The first-order valence-corrected chi connectivity index (χ1v) is 15.0. The predicted octanol–water partition coefficient (Wildman–Crippen LogP) is 5.25. The van der Waals surface area contributed by atoms with Gasteiger partial charge in [0.15, 0.2) is 0 Å². The minimum atomic E-state index is -4.17. The number of hydrogen-bond acceptors (Lipinski definition) is 5. The van der Waals surface area contributed by atoms with Crippen molar-refractivity contribution in [3.8, 4) is 5.75 Å². The molecule has 0 saturated carbocycles. The van der Waals surface area contributed by atoms with E-state index in [-0.39, 0.29) is 23.0 Å². The Morgan fingerprint density at radius 2 is 1.64 bits per heavy atom. The van der Waals surface area contributed by atoms with Crippen LogP contribution >= 0.6 is 27.5 Å². The van der Waals surface area contributed by atoms with E-state index in [9.17, 15) is 18.0 Å². The van der Waals surface area contributed by atoms with Crippen LogP contribution in [-0.2, 0) is 26.2 Å². The van der Waals surface area contributed by atoms with Crippen molar-refractivity contribution >= 4 is 55.1 Å². The molecule has 0 heterocycles. The molecule has 0 unspecified atom stereocenters. The van der Waals surface area contributed by atoms with Crippen molar-refractivity contribution < 1.29 is 22.7 Å². The second kappa shape index (κ2) is 13.8. The fourth-order valence-electron chi connectivity index (χ4n) is 4.03. The Labute approximate surface area is 243 Å². The van der Waals surface area contributed by atoms with Gasteiger partial charge in [0.1, 0.15) is 18.3 Å². The second-order valence-electron chi connectivity index (χ2n) is 8.54. The van der Waals surface area contributed by atoms with Gasteiger partial charge in [0, 0.05) is 23.1 Å². The molecule has 0 aliphatic rings. The van der Waals surface area contributed by atoms with Crippen molar-refractivity contribution in [2.75, 3.05) is 24.5 Å². The van der Waals surface area contributed by atoms with Crippen LogP contribution in [0.3, 0.4) is 0 Å². The van der Waals surface area contributed by atoms with Crippen molar-refractivity contribution in [3.05, 3.63) is 87.9 Å². The molecule has 39 heavy (non-hydrogen) atoms. The summed E-state index contributed by atoms with van der Waals surface area (Å²) in [6, 6.07) is 18.8. The van der Waals surface area contributed by atoms with Crippen LogP contribution in [-0.4, -0.2) is 51.4 Å². The molecule has 3 aromatic rings. The van der Waals surface area contributed by atoms with Gasteiger partial charge in [-0.1, -0.05) is 52.7 Å². The number of hydrogen-bond donors (Lipinski definition) is 1.